The summed E-state index contributed by atoms with van der Waals surface area (Å²) in [5, 5.41) is 3.92. The molecule has 0 spiro atoms. The molecule has 0 aliphatic carbocycles. The summed E-state index contributed by atoms with van der Waals surface area (Å²) in [7, 11) is 1.75. The van der Waals surface area contributed by atoms with Crippen molar-refractivity contribution in [1.82, 2.24) is 9.78 Å². The van der Waals surface area contributed by atoms with Gasteiger partial charge in [0.25, 0.3) is 0 Å². The van der Waals surface area contributed by atoms with Crippen LogP contribution in [0.25, 0.3) is 0 Å². The smallest absolute Gasteiger partial charge is 0.327 e. The summed E-state index contributed by atoms with van der Waals surface area (Å²) in [6.07, 6.45) is -1.18. The van der Waals surface area contributed by atoms with Gasteiger partial charge in [0.15, 0.2) is 0 Å². The fourth-order valence-electron chi connectivity index (χ4n) is 1.33. The predicted octanol–water partition coefficient (Wildman–Crippen LogP) is 1.63. The predicted molar refractivity (Wildman–Crippen MR) is 50.2 cm³/mol. The maximum absolute atomic E-state index is 11.9. The third kappa shape index (κ3) is 4.83. The molecule has 1 unspecified atom stereocenters. The van der Waals surface area contributed by atoms with Gasteiger partial charge in [-0.3, -0.25) is 4.68 Å². The summed E-state index contributed by atoms with van der Waals surface area (Å²) in [6, 6.07) is -0.462. The van der Waals surface area contributed by atoms with E-state index in [1.165, 1.54) is 0 Å². The number of nitrogens with zero attached hydrogens (tertiary/aromatic N) is 2. The highest BCUT2D eigenvalue weighted by Crippen LogP contribution is 2.22. The van der Waals surface area contributed by atoms with Crippen LogP contribution >= 0.6 is 0 Å². The minimum atomic E-state index is -4.12. The molecular weight excluding hydrogens is 207 g/mol. The molecule has 15 heavy (non-hydrogen) atoms. The monoisotopic (exact) mass is 221 g/mol. The van der Waals surface area contributed by atoms with E-state index in [0.29, 0.717) is 6.42 Å². The van der Waals surface area contributed by atoms with Gasteiger partial charge in [0, 0.05) is 25.7 Å². The van der Waals surface area contributed by atoms with Gasteiger partial charge in [-0.05, 0) is 18.4 Å². The Hall–Kier alpha value is -1.04. The Bertz CT molecular complexity index is 306. The van der Waals surface area contributed by atoms with Gasteiger partial charge in [-0.15, -0.1) is 0 Å². The van der Waals surface area contributed by atoms with Crippen LogP contribution in [0.1, 0.15) is 18.4 Å². The first-order valence-corrected chi connectivity index (χ1v) is 4.66. The lowest BCUT2D eigenvalue weighted by atomic mass is 10.1. The Morgan fingerprint density at radius 1 is 1.53 bits per heavy atom. The number of hydrogen-bond acceptors (Lipinski definition) is 2. The average molecular weight is 221 g/mol. The normalized spacial score (nSPS) is 14.2. The minimum Gasteiger partial charge on any atom is -0.327 e. The highest BCUT2D eigenvalue weighted by atomic mass is 19.4. The van der Waals surface area contributed by atoms with Crippen molar-refractivity contribution in [2.24, 2.45) is 12.8 Å². The van der Waals surface area contributed by atoms with Crippen LogP contribution in [-0.4, -0.2) is 22.0 Å². The van der Waals surface area contributed by atoms with Crippen molar-refractivity contribution in [2.45, 2.75) is 31.5 Å². The molecule has 0 bridgehead atoms. The topological polar surface area (TPSA) is 43.8 Å². The highest BCUT2D eigenvalue weighted by Gasteiger charge is 2.27. The molecule has 0 aromatic carbocycles. The number of aryl methyl sites for hydroxylation is 1. The fraction of sp³-hybridized carbons (Fsp3) is 0.667. The molecule has 86 valence electrons. The van der Waals surface area contributed by atoms with Gasteiger partial charge in [-0.25, -0.2) is 0 Å². The Kier molecular flexibility index (Phi) is 3.73. The largest absolute Gasteiger partial charge is 0.389 e. The molecule has 6 heteroatoms. The lowest BCUT2D eigenvalue weighted by Gasteiger charge is -2.11. The minimum absolute atomic E-state index is 0.0433. The Labute approximate surface area is 86.1 Å². The standard InChI is InChI=1S/C9H14F3N3/c1-15-6-7(5-14-15)4-8(13)2-3-9(10,11)12/h5-6,8H,2-4,13H2,1H3. The number of halogens is 3. The molecule has 0 radical (unpaired) electrons. The third-order valence-corrected chi connectivity index (χ3v) is 2.05. The van der Waals surface area contributed by atoms with E-state index in [9.17, 15) is 13.2 Å². The van der Waals surface area contributed by atoms with Crippen LogP contribution in [0.4, 0.5) is 13.2 Å². The molecule has 1 atom stereocenters. The molecule has 1 aromatic heterocycles. The van der Waals surface area contributed by atoms with Gasteiger partial charge >= 0.3 is 6.18 Å². The molecule has 2 N–H and O–H groups in total. The van der Waals surface area contributed by atoms with Crippen molar-refractivity contribution < 1.29 is 13.2 Å². The van der Waals surface area contributed by atoms with Crippen molar-refractivity contribution in [3.63, 3.8) is 0 Å². The van der Waals surface area contributed by atoms with E-state index in [4.69, 9.17) is 5.73 Å². The van der Waals surface area contributed by atoms with Crippen LogP contribution in [0.2, 0.25) is 0 Å². The first kappa shape index (κ1) is 12.0. The van der Waals surface area contributed by atoms with E-state index in [-0.39, 0.29) is 6.42 Å². The van der Waals surface area contributed by atoms with Crippen LogP contribution in [-0.2, 0) is 13.5 Å². The highest BCUT2D eigenvalue weighted by molar-refractivity contribution is 5.05. The molecule has 1 rings (SSSR count). The molecule has 0 saturated carbocycles. The van der Waals surface area contributed by atoms with E-state index in [2.05, 4.69) is 5.10 Å². The van der Waals surface area contributed by atoms with Crippen LogP contribution in [0.3, 0.4) is 0 Å². The molecule has 0 aliphatic rings. The molecule has 0 saturated heterocycles. The van der Waals surface area contributed by atoms with E-state index in [0.717, 1.165) is 5.56 Å². The number of alkyl halides is 3. The molecule has 1 aromatic rings. The second kappa shape index (κ2) is 4.65. The maximum Gasteiger partial charge on any atom is 0.389 e. The lowest BCUT2D eigenvalue weighted by molar-refractivity contribution is -0.136. The van der Waals surface area contributed by atoms with Crippen molar-refractivity contribution in [3.05, 3.63) is 18.0 Å². The summed E-state index contributed by atoms with van der Waals surface area (Å²) < 4.78 is 37.3. The fourth-order valence-corrected chi connectivity index (χ4v) is 1.33. The van der Waals surface area contributed by atoms with Crippen LogP contribution in [0.5, 0.6) is 0 Å². The van der Waals surface area contributed by atoms with Gasteiger partial charge in [-0.1, -0.05) is 0 Å². The van der Waals surface area contributed by atoms with Crippen molar-refractivity contribution in [2.75, 3.05) is 0 Å². The Morgan fingerprint density at radius 3 is 2.67 bits per heavy atom. The van der Waals surface area contributed by atoms with Crippen LogP contribution in [0, 0.1) is 0 Å². The van der Waals surface area contributed by atoms with Gasteiger partial charge < -0.3 is 5.73 Å². The quantitative estimate of drug-likeness (QED) is 0.839. The van der Waals surface area contributed by atoms with Gasteiger partial charge in [-0.2, -0.15) is 18.3 Å². The summed E-state index contributed by atoms with van der Waals surface area (Å²) in [6.45, 7) is 0. The second-order valence-corrected chi connectivity index (χ2v) is 3.64. The molecule has 1 heterocycles. The molecule has 0 aliphatic heterocycles. The first-order chi connectivity index (χ1) is 6.87. The van der Waals surface area contributed by atoms with E-state index < -0.39 is 18.6 Å². The van der Waals surface area contributed by atoms with Gasteiger partial charge in [0.1, 0.15) is 0 Å². The molecule has 3 nitrogen and oxygen atoms in total. The summed E-state index contributed by atoms with van der Waals surface area (Å²) in [5.74, 6) is 0. The molecular formula is C9H14F3N3. The van der Waals surface area contributed by atoms with E-state index in [1.807, 2.05) is 0 Å². The number of rotatable bonds is 4. The Balaban J connectivity index is 2.33. The lowest BCUT2D eigenvalue weighted by Crippen LogP contribution is -2.25. The zero-order valence-electron chi connectivity index (χ0n) is 8.46. The molecule has 0 fully saturated rings. The van der Waals surface area contributed by atoms with E-state index >= 15 is 0 Å². The zero-order chi connectivity index (χ0) is 11.5. The molecule has 0 amide bonds. The number of aromatic nitrogens is 2. The SMILES string of the molecule is Cn1cc(CC(N)CCC(F)(F)F)cn1. The van der Waals surface area contributed by atoms with E-state index in [1.54, 1.807) is 24.1 Å². The summed E-state index contributed by atoms with van der Waals surface area (Å²) in [5.41, 5.74) is 6.45. The van der Waals surface area contributed by atoms with Crippen molar-refractivity contribution in [1.29, 1.82) is 0 Å². The van der Waals surface area contributed by atoms with Crippen LogP contribution < -0.4 is 5.73 Å². The number of nitrogens with two attached hydrogens (primary N) is 1. The maximum atomic E-state index is 11.9. The summed E-state index contributed by atoms with van der Waals surface area (Å²) >= 11 is 0. The van der Waals surface area contributed by atoms with Gasteiger partial charge in [0.05, 0.1) is 6.20 Å². The summed E-state index contributed by atoms with van der Waals surface area (Å²) in [4.78, 5) is 0. The Morgan fingerprint density at radius 2 is 2.20 bits per heavy atom. The van der Waals surface area contributed by atoms with Crippen molar-refractivity contribution in [3.8, 4) is 0 Å². The average Bonchev–Trinajstić information content (AvgIpc) is 2.47. The van der Waals surface area contributed by atoms with Gasteiger partial charge in [0.2, 0.25) is 0 Å². The number of hydrogen-bond donors (Lipinski definition) is 1. The zero-order valence-corrected chi connectivity index (χ0v) is 8.46. The van der Waals surface area contributed by atoms with Crippen molar-refractivity contribution >= 4 is 0 Å². The first-order valence-electron chi connectivity index (χ1n) is 4.66. The second-order valence-electron chi connectivity index (χ2n) is 3.64. The third-order valence-electron chi connectivity index (χ3n) is 2.05. The van der Waals surface area contributed by atoms with Crippen LogP contribution in [0.15, 0.2) is 12.4 Å².